The van der Waals surface area contributed by atoms with Gasteiger partial charge in [-0.15, -0.1) is 0 Å². The molecule has 5 rings (SSSR count). The Morgan fingerprint density at radius 3 is 2.42 bits per heavy atom. The Hall–Kier alpha value is -4.45. The zero-order valence-electron chi connectivity index (χ0n) is 18.3. The van der Waals surface area contributed by atoms with Crippen LogP contribution in [0, 0.1) is 6.92 Å². The van der Waals surface area contributed by atoms with Crippen LogP contribution in [-0.4, -0.2) is 35.4 Å². The summed E-state index contributed by atoms with van der Waals surface area (Å²) < 4.78 is 41.2. The van der Waals surface area contributed by atoms with E-state index in [9.17, 15) is 22.8 Å². The summed E-state index contributed by atoms with van der Waals surface area (Å²) in [5.74, 6) is -0.518. The Morgan fingerprint density at radius 2 is 1.75 bits per heavy atom. The number of H-pyrrole nitrogens is 1. The summed E-state index contributed by atoms with van der Waals surface area (Å²) in [5, 5.41) is 11.9. The van der Waals surface area contributed by atoms with Gasteiger partial charge < -0.3 is 5.32 Å². The van der Waals surface area contributed by atoms with E-state index < -0.39 is 23.2 Å². The van der Waals surface area contributed by atoms with Gasteiger partial charge >= 0.3 is 6.18 Å². The molecule has 182 valence electrons. The lowest BCUT2D eigenvalue weighted by Crippen LogP contribution is -2.19. The van der Waals surface area contributed by atoms with Crippen LogP contribution in [0.4, 0.5) is 19.0 Å². The summed E-state index contributed by atoms with van der Waals surface area (Å²) in [6.45, 7) is 1.67. The van der Waals surface area contributed by atoms with Crippen LogP contribution < -0.4 is 10.9 Å². The molecule has 0 radical (unpaired) electrons. The summed E-state index contributed by atoms with van der Waals surface area (Å²) in [5.41, 5.74) is 0.00339. The number of hydrogen-bond donors (Lipinski definition) is 2. The zero-order valence-corrected chi connectivity index (χ0v) is 19.1. The number of carbonyl (C=O) groups is 1. The molecule has 5 aromatic rings. The number of aromatic nitrogens is 6. The molecule has 0 atom stereocenters. The van der Waals surface area contributed by atoms with Crippen LogP contribution in [0.1, 0.15) is 21.6 Å². The highest BCUT2D eigenvalue weighted by Crippen LogP contribution is 2.29. The Morgan fingerprint density at radius 1 is 1.06 bits per heavy atom. The Labute approximate surface area is 205 Å². The molecule has 0 aliphatic heterocycles. The number of alkyl halides is 3. The quantitative estimate of drug-likeness (QED) is 0.367. The van der Waals surface area contributed by atoms with E-state index in [1.54, 1.807) is 31.2 Å². The normalized spacial score (nSPS) is 11.7. The number of carbonyl (C=O) groups excluding carboxylic acids is 1. The summed E-state index contributed by atoms with van der Waals surface area (Å²) in [6, 6.07) is 12.1. The number of rotatable bonds is 4. The number of anilines is 1. The molecular formula is C23H15ClF3N7O2. The van der Waals surface area contributed by atoms with E-state index >= 15 is 0 Å². The third-order valence-electron chi connectivity index (χ3n) is 5.24. The molecule has 3 aromatic heterocycles. The molecule has 0 unspecified atom stereocenters. The average molecular weight is 514 g/mol. The molecule has 3 heterocycles. The van der Waals surface area contributed by atoms with Gasteiger partial charge in [0.1, 0.15) is 11.2 Å². The minimum Gasteiger partial charge on any atom is -0.306 e. The lowest BCUT2D eigenvalue weighted by molar-refractivity contribution is -0.137. The summed E-state index contributed by atoms with van der Waals surface area (Å²) in [6.07, 6.45) is -3.14. The van der Waals surface area contributed by atoms with Gasteiger partial charge in [0.2, 0.25) is 5.95 Å². The largest absolute Gasteiger partial charge is 0.416 e. The van der Waals surface area contributed by atoms with E-state index in [0.29, 0.717) is 16.4 Å². The molecule has 0 saturated heterocycles. The second-order valence-electron chi connectivity index (χ2n) is 7.77. The number of nitrogens with zero attached hydrogens (tertiary/aromatic N) is 5. The first kappa shape index (κ1) is 23.3. The molecule has 0 saturated carbocycles. The fraction of sp³-hybridized carbons (Fsp3) is 0.0870. The number of nitrogens with one attached hydrogen (secondary N) is 2. The minimum atomic E-state index is -4.51. The van der Waals surface area contributed by atoms with Crippen molar-refractivity contribution in [3.8, 4) is 11.6 Å². The fourth-order valence-corrected chi connectivity index (χ4v) is 3.65. The molecule has 2 N–H and O–H groups in total. The van der Waals surface area contributed by atoms with Crippen LogP contribution in [0.15, 0.2) is 65.6 Å². The standard InChI is InChI=1S/C23H15ClF3N7O2/c1-12-10-18(29-20(35)13-2-4-14(5-3-13)23(25,26)27)34(32-12)22-30-19-17(21(36)31-22)11-28-33(19)16-8-6-15(24)7-9-16/h2-11H,1H3,(H,29,35)(H,30,31,36). The van der Waals surface area contributed by atoms with Gasteiger partial charge in [-0.05, 0) is 55.5 Å². The van der Waals surface area contributed by atoms with Gasteiger partial charge in [0.25, 0.3) is 11.5 Å². The summed E-state index contributed by atoms with van der Waals surface area (Å²) in [4.78, 5) is 32.6. The van der Waals surface area contributed by atoms with Crippen molar-refractivity contribution >= 4 is 34.4 Å². The van der Waals surface area contributed by atoms with E-state index in [2.05, 4.69) is 25.5 Å². The fourth-order valence-electron chi connectivity index (χ4n) is 3.53. The predicted octanol–water partition coefficient (Wildman–Crippen LogP) is 4.53. The van der Waals surface area contributed by atoms with Crippen LogP contribution in [0.3, 0.4) is 0 Å². The van der Waals surface area contributed by atoms with Crippen molar-refractivity contribution in [3.63, 3.8) is 0 Å². The van der Waals surface area contributed by atoms with Crippen molar-refractivity contribution in [1.82, 2.24) is 29.5 Å². The molecule has 0 bridgehead atoms. The van der Waals surface area contributed by atoms with Gasteiger partial charge in [0, 0.05) is 16.7 Å². The van der Waals surface area contributed by atoms with Crippen LogP contribution in [0.5, 0.6) is 0 Å². The Balaban J connectivity index is 1.52. The summed E-state index contributed by atoms with van der Waals surface area (Å²) in [7, 11) is 0. The third kappa shape index (κ3) is 4.33. The van der Waals surface area contributed by atoms with Crippen LogP contribution in [0.2, 0.25) is 5.02 Å². The minimum absolute atomic E-state index is 0.000895. The number of halogens is 4. The van der Waals surface area contributed by atoms with Gasteiger partial charge in [-0.25, -0.2) is 4.68 Å². The topological polar surface area (TPSA) is 110 Å². The van der Waals surface area contributed by atoms with E-state index in [4.69, 9.17) is 11.6 Å². The average Bonchev–Trinajstić information content (AvgIpc) is 3.42. The molecule has 13 heteroatoms. The SMILES string of the molecule is Cc1cc(NC(=O)c2ccc(C(F)(F)F)cc2)n(-c2nc3c(cnn3-c3ccc(Cl)cc3)c(=O)[nH]2)n1. The highest BCUT2D eigenvalue weighted by molar-refractivity contribution is 6.30. The molecule has 1 amide bonds. The van der Waals surface area contributed by atoms with Crippen molar-refractivity contribution in [2.75, 3.05) is 5.32 Å². The van der Waals surface area contributed by atoms with E-state index in [0.717, 1.165) is 24.3 Å². The maximum Gasteiger partial charge on any atom is 0.416 e. The maximum atomic E-state index is 12.8. The van der Waals surface area contributed by atoms with Crippen molar-refractivity contribution in [3.05, 3.63) is 93.0 Å². The molecule has 36 heavy (non-hydrogen) atoms. The summed E-state index contributed by atoms with van der Waals surface area (Å²) >= 11 is 5.96. The highest BCUT2D eigenvalue weighted by Gasteiger charge is 2.30. The number of benzene rings is 2. The Bertz CT molecular complexity index is 1650. The van der Waals surface area contributed by atoms with Crippen LogP contribution in [0.25, 0.3) is 22.7 Å². The van der Waals surface area contributed by atoms with E-state index in [-0.39, 0.29) is 28.4 Å². The smallest absolute Gasteiger partial charge is 0.306 e. The second-order valence-corrected chi connectivity index (χ2v) is 8.21. The molecule has 0 spiro atoms. The van der Waals surface area contributed by atoms with Crippen molar-refractivity contribution in [2.45, 2.75) is 13.1 Å². The molecule has 2 aromatic carbocycles. The van der Waals surface area contributed by atoms with E-state index in [1.807, 2.05) is 0 Å². The highest BCUT2D eigenvalue weighted by atomic mass is 35.5. The Kier molecular flexibility index (Phi) is 5.59. The first-order valence-electron chi connectivity index (χ1n) is 10.4. The number of aromatic amines is 1. The van der Waals surface area contributed by atoms with Gasteiger partial charge in [-0.1, -0.05) is 11.6 Å². The molecule has 0 fully saturated rings. The van der Waals surface area contributed by atoms with Gasteiger partial charge in [-0.2, -0.15) is 33.0 Å². The van der Waals surface area contributed by atoms with Gasteiger partial charge in [-0.3, -0.25) is 14.6 Å². The van der Waals surface area contributed by atoms with Gasteiger partial charge in [0.15, 0.2) is 5.65 Å². The first-order valence-corrected chi connectivity index (χ1v) is 10.8. The maximum absolute atomic E-state index is 12.8. The monoisotopic (exact) mass is 513 g/mol. The number of amides is 1. The molecule has 9 nitrogen and oxygen atoms in total. The van der Waals surface area contributed by atoms with E-state index in [1.165, 1.54) is 21.6 Å². The molecule has 0 aliphatic carbocycles. The predicted molar refractivity (Wildman–Crippen MR) is 126 cm³/mol. The first-order chi connectivity index (χ1) is 17.1. The third-order valence-corrected chi connectivity index (χ3v) is 5.50. The van der Waals surface area contributed by atoms with Crippen LogP contribution in [-0.2, 0) is 6.18 Å². The second kappa shape index (κ2) is 8.64. The molecule has 0 aliphatic rings. The van der Waals surface area contributed by atoms with Crippen LogP contribution >= 0.6 is 11.6 Å². The van der Waals surface area contributed by atoms with Crippen molar-refractivity contribution < 1.29 is 18.0 Å². The van der Waals surface area contributed by atoms with Crippen molar-refractivity contribution in [1.29, 1.82) is 0 Å². The lowest BCUT2D eigenvalue weighted by atomic mass is 10.1. The van der Waals surface area contributed by atoms with Crippen molar-refractivity contribution in [2.24, 2.45) is 0 Å². The van der Waals surface area contributed by atoms with Gasteiger partial charge in [0.05, 0.1) is 23.1 Å². The lowest BCUT2D eigenvalue weighted by Gasteiger charge is -2.10. The number of fused-ring (bicyclic) bond motifs is 1. The zero-order chi connectivity index (χ0) is 25.6. The number of hydrogen-bond acceptors (Lipinski definition) is 5. The molecular weight excluding hydrogens is 499 g/mol. The number of aryl methyl sites for hydroxylation is 1.